The molecule has 0 aromatic heterocycles. The Kier molecular flexibility index (Phi) is 3.77. The van der Waals surface area contributed by atoms with Gasteiger partial charge in [0.25, 0.3) is 0 Å². The molecular formula is C22H19F3NO2-. The van der Waals surface area contributed by atoms with E-state index in [1.807, 2.05) is 0 Å². The van der Waals surface area contributed by atoms with E-state index >= 15 is 0 Å². The summed E-state index contributed by atoms with van der Waals surface area (Å²) in [6.45, 7) is 0. The number of aromatic carboxylic acids is 1. The molecule has 1 heterocycles. The van der Waals surface area contributed by atoms with E-state index in [0.29, 0.717) is 17.4 Å². The number of carbonyl (C=O) groups excluding carboxylic acids is 1. The molecule has 3 aliphatic rings. The third-order valence-corrected chi connectivity index (χ3v) is 6.90. The first-order chi connectivity index (χ1) is 13.3. The van der Waals surface area contributed by atoms with Crippen molar-refractivity contribution in [2.45, 2.75) is 37.4 Å². The zero-order valence-electron chi connectivity index (χ0n) is 15.0. The van der Waals surface area contributed by atoms with Crippen LogP contribution in [0.5, 0.6) is 0 Å². The van der Waals surface area contributed by atoms with E-state index in [0.717, 1.165) is 36.6 Å². The number of hydrogen-bond donors (Lipinski definition) is 1. The van der Waals surface area contributed by atoms with Gasteiger partial charge in [-0.2, -0.15) is 13.2 Å². The average molecular weight is 386 g/mol. The van der Waals surface area contributed by atoms with Gasteiger partial charge in [0, 0.05) is 5.69 Å². The first-order valence-corrected chi connectivity index (χ1v) is 9.62. The summed E-state index contributed by atoms with van der Waals surface area (Å²) in [7, 11) is 0. The van der Waals surface area contributed by atoms with Crippen LogP contribution >= 0.6 is 0 Å². The van der Waals surface area contributed by atoms with Crippen LogP contribution in [0.25, 0.3) is 0 Å². The van der Waals surface area contributed by atoms with E-state index in [2.05, 4.69) is 5.32 Å². The topological polar surface area (TPSA) is 52.2 Å². The minimum absolute atomic E-state index is 0.152. The quantitative estimate of drug-likeness (QED) is 0.834. The van der Waals surface area contributed by atoms with Crippen LogP contribution in [0.1, 0.15) is 58.3 Å². The predicted octanol–water partition coefficient (Wildman–Crippen LogP) is 4.37. The van der Waals surface area contributed by atoms with Gasteiger partial charge in [-0.1, -0.05) is 18.2 Å². The first kappa shape index (κ1) is 17.6. The van der Waals surface area contributed by atoms with E-state index in [1.165, 1.54) is 18.2 Å². The van der Waals surface area contributed by atoms with Crippen molar-refractivity contribution in [1.82, 2.24) is 0 Å². The van der Waals surface area contributed by atoms with Gasteiger partial charge < -0.3 is 15.2 Å². The van der Waals surface area contributed by atoms with Gasteiger partial charge in [0.1, 0.15) is 0 Å². The van der Waals surface area contributed by atoms with E-state index in [-0.39, 0.29) is 23.4 Å². The van der Waals surface area contributed by atoms with Crippen molar-refractivity contribution in [1.29, 1.82) is 0 Å². The number of hydrogen-bond acceptors (Lipinski definition) is 3. The zero-order chi connectivity index (χ0) is 19.6. The highest BCUT2D eigenvalue weighted by Gasteiger charge is 2.54. The van der Waals surface area contributed by atoms with Gasteiger partial charge in [-0.25, -0.2) is 0 Å². The molecule has 0 amide bonds. The van der Waals surface area contributed by atoms with Crippen LogP contribution in [-0.2, 0) is 6.18 Å². The van der Waals surface area contributed by atoms with E-state index in [9.17, 15) is 23.1 Å². The van der Waals surface area contributed by atoms with Crippen molar-refractivity contribution in [3.8, 4) is 0 Å². The Bertz CT molecular complexity index is 955. The summed E-state index contributed by atoms with van der Waals surface area (Å²) in [5.74, 6) is 0.0473. The lowest BCUT2D eigenvalue weighted by molar-refractivity contribution is -0.255. The van der Waals surface area contributed by atoms with Gasteiger partial charge in [0.2, 0.25) is 0 Å². The number of carboxylic acid groups (broad SMARTS) is 1. The second kappa shape index (κ2) is 6.00. The Morgan fingerprint density at radius 1 is 1.07 bits per heavy atom. The van der Waals surface area contributed by atoms with Crippen molar-refractivity contribution >= 4 is 11.7 Å². The molecule has 3 nitrogen and oxygen atoms in total. The SMILES string of the molecule is O=C([O-])c1ccc2c(c1)[C@H]1[C@H]3CC[C@H](C3)[C@@H]1[C@H](c1cccc(C(F)(F)F)c1)N2. The van der Waals surface area contributed by atoms with Crippen LogP contribution < -0.4 is 10.4 Å². The monoisotopic (exact) mass is 386 g/mol. The third kappa shape index (κ3) is 2.61. The fourth-order valence-corrected chi connectivity index (χ4v) is 5.85. The van der Waals surface area contributed by atoms with Gasteiger partial charge in [-0.3, -0.25) is 0 Å². The number of rotatable bonds is 2. The lowest BCUT2D eigenvalue weighted by Gasteiger charge is -2.44. The van der Waals surface area contributed by atoms with Gasteiger partial charge in [0.15, 0.2) is 0 Å². The van der Waals surface area contributed by atoms with Crippen molar-refractivity contribution in [3.05, 3.63) is 64.7 Å². The predicted molar refractivity (Wildman–Crippen MR) is 95.6 cm³/mol. The van der Waals surface area contributed by atoms with Crippen LogP contribution in [-0.4, -0.2) is 5.97 Å². The van der Waals surface area contributed by atoms with Crippen molar-refractivity contribution in [2.75, 3.05) is 5.32 Å². The molecule has 0 saturated heterocycles. The van der Waals surface area contributed by atoms with Crippen molar-refractivity contribution in [2.24, 2.45) is 17.8 Å². The van der Waals surface area contributed by atoms with E-state index in [1.54, 1.807) is 18.2 Å². The third-order valence-electron chi connectivity index (χ3n) is 6.90. The molecule has 1 N–H and O–H groups in total. The van der Waals surface area contributed by atoms with Gasteiger partial charge in [0.05, 0.1) is 17.6 Å². The van der Waals surface area contributed by atoms with E-state index < -0.39 is 17.7 Å². The molecule has 1 aliphatic heterocycles. The number of anilines is 1. The molecule has 2 bridgehead atoms. The minimum Gasteiger partial charge on any atom is -0.545 e. The van der Waals surface area contributed by atoms with Crippen LogP contribution in [0, 0.1) is 17.8 Å². The molecule has 2 aromatic rings. The number of halogens is 3. The Hall–Kier alpha value is -2.50. The second-order valence-electron chi connectivity index (χ2n) is 8.27. The smallest absolute Gasteiger partial charge is 0.416 e. The summed E-state index contributed by atoms with van der Waals surface area (Å²) in [4.78, 5) is 11.3. The Labute approximate surface area is 160 Å². The minimum atomic E-state index is -4.37. The number of fused-ring (bicyclic) bond motifs is 7. The summed E-state index contributed by atoms with van der Waals surface area (Å²) in [5.41, 5.74) is 1.96. The highest BCUT2D eigenvalue weighted by molar-refractivity contribution is 5.87. The summed E-state index contributed by atoms with van der Waals surface area (Å²) in [6.07, 6.45) is -1.14. The van der Waals surface area contributed by atoms with Crippen molar-refractivity contribution in [3.63, 3.8) is 0 Å². The molecule has 2 fully saturated rings. The highest BCUT2D eigenvalue weighted by Crippen LogP contribution is 2.63. The lowest BCUT2D eigenvalue weighted by atomic mass is 9.68. The van der Waals surface area contributed by atoms with Gasteiger partial charge in [-0.15, -0.1) is 0 Å². The van der Waals surface area contributed by atoms with Crippen molar-refractivity contribution < 1.29 is 23.1 Å². The maximum Gasteiger partial charge on any atom is 0.416 e. The Morgan fingerprint density at radius 2 is 1.86 bits per heavy atom. The average Bonchev–Trinajstić information content (AvgIpc) is 3.29. The summed E-state index contributed by atoms with van der Waals surface area (Å²) in [6, 6.07) is 10.3. The maximum absolute atomic E-state index is 13.2. The lowest BCUT2D eigenvalue weighted by Crippen LogP contribution is -2.36. The molecule has 5 atom stereocenters. The summed E-state index contributed by atoms with van der Waals surface area (Å²) >= 11 is 0. The number of carboxylic acids is 1. The van der Waals surface area contributed by atoms with Crippen LogP contribution in [0.2, 0.25) is 0 Å². The number of benzene rings is 2. The Balaban J connectivity index is 1.61. The normalized spacial score (nSPS) is 30.5. The van der Waals surface area contributed by atoms with Gasteiger partial charge in [-0.05, 0) is 83.9 Å². The molecule has 2 aliphatic carbocycles. The molecule has 0 unspecified atom stereocenters. The molecule has 5 rings (SSSR count). The second-order valence-corrected chi connectivity index (χ2v) is 8.27. The van der Waals surface area contributed by atoms with E-state index in [4.69, 9.17) is 0 Å². The molecule has 28 heavy (non-hydrogen) atoms. The maximum atomic E-state index is 13.2. The molecule has 6 heteroatoms. The molecule has 146 valence electrons. The molecule has 2 saturated carbocycles. The van der Waals surface area contributed by atoms with Crippen LogP contribution in [0.3, 0.4) is 0 Å². The molecular weight excluding hydrogens is 367 g/mol. The standard InChI is InChI=1S/C22H20F3NO2/c23-22(24,25)15-3-1-2-13(9-15)20-19-12-5-4-11(8-12)18(19)16-10-14(21(27)28)6-7-17(16)26-20/h1-3,6-7,9-12,18-20,26H,4-5,8H2,(H,27,28)/p-1/t11-,12+,18+,19-,20-/m0/s1. The molecule has 0 spiro atoms. The fourth-order valence-electron chi connectivity index (χ4n) is 5.85. The Morgan fingerprint density at radius 3 is 2.61 bits per heavy atom. The summed E-state index contributed by atoms with van der Waals surface area (Å²) < 4.78 is 39.7. The van der Waals surface area contributed by atoms with Crippen LogP contribution in [0.4, 0.5) is 18.9 Å². The fraction of sp³-hybridized carbons (Fsp3) is 0.409. The van der Waals surface area contributed by atoms with Gasteiger partial charge >= 0.3 is 6.18 Å². The summed E-state index contributed by atoms with van der Waals surface area (Å²) in [5, 5.41) is 14.8. The first-order valence-electron chi connectivity index (χ1n) is 9.62. The number of nitrogens with one attached hydrogen (secondary N) is 1. The molecule has 2 aromatic carbocycles. The number of carbonyl (C=O) groups is 1. The van der Waals surface area contributed by atoms with Crippen LogP contribution in [0.15, 0.2) is 42.5 Å². The highest BCUT2D eigenvalue weighted by atomic mass is 19.4. The zero-order valence-corrected chi connectivity index (χ0v) is 15.0. The number of alkyl halides is 3. The largest absolute Gasteiger partial charge is 0.545 e. The molecule has 0 radical (unpaired) electrons.